The Bertz CT molecular complexity index is 620. The highest BCUT2D eigenvalue weighted by atomic mass is 15.1. The van der Waals surface area contributed by atoms with E-state index in [4.69, 9.17) is 0 Å². The second kappa shape index (κ2) is 6.43. The molecule has 0 aliphatic heterocycles. The van der Waals surface area contributed by atoms with Crippen molar-refractivity contribution >= 4 is 5.57 Å². The Morgan fingerprint density at radius 3 is 2.57 bits per heavy atom. The molecule has 0 spiro atoms. The molecule has 1 fully saturated rings. The molecule has 0 aromatic heterocycles. The first kappa shape index (κ1) is 16.2. The van der Waals surface area contributed by atoms with Crippen LogP contribution in [0.2, 0.25) is 0 Å². The summed E-state index contributed by atoms with van der Waals surface area (Å²) >= 11 is 0. The first-order valence-corrected chi connectivity index (χ1v) is 9.00. The second-order valence-electron chi connectivity index (χ2n) is 7.58. The van der Waals surface area contributed by atoms with E-state index in [2.05, 4.69) is 62.2 Å². The van der Waals surface area contributed by atoms with E-state index >= 15 is 0 Å². The van der Waals surface area contributed by atoms with Gasteiger partial charge in [0.25, 0.3) is 0 Å². The largest absolute Gasteiger partial charge is 0.367 e. The highest BCUT2D eigenvalue weighted by molar-refractivity contribution is 5.75. The molecule has 1 saturated carbocycles. The van der Waals surface area contributed by atoms with Gasteiger partial charge in [0.15, 0.2) is 0 Å². The Morgan fingerprint density at radius 1 is 1.17 bits per heavy atom. The van der Waals surface area contributed by atoms with E-state index in [9.17, 15) is 0 Å². The lowest BCUT2D eigenvalue weighted by Gasteiger charge is -2.37. The van der Waals surface area contributed by atoms with Gasteiger partial charge in [-0.1, -0.05) is 50.1 Å². The van der Waals surface area contributed by atoms with Gasteiger partial charge in [0.2, 0.25) is 0 Å². The van der Waals surface area contributed by atoms with Crippen molar-refractivity contribution in [2.24, 2.45) is 0 Å². The molecule has 0 unspecified atom stereocenters. The third-order valence-electron chi connectivity index (χ3n) is 5.61. The van der Waals surface area contributed by atoms with E-state index in [-0.39, 0.29) is 5.54 Å². The van der Waals surface area contributed by atoms with Crippen LogP contribution in [0.25, 0.3) is 5.57 Å². The van der Waals surface area contributed by atoms with Crippen LogP contribution in [0.5, 0.6) is 0 Å². The summed E-state index contributed by atoms with van der Waals surface area (Å²) in [6, 6.07) is 9.06. The fraction of sp³-hybridized carbons (Fsp3) is 0.524. The predicted octanol–water partition coefficient (Wildman–Crippen LogP) is 4.78. The normalized spacial score (nSPS) is 20.8. The third kappa shape index (κ3) is 3.46. The summed E-state index contributed by atoms with van der Waals surface area (Å²) in [5.74, 6) is 0.971. The van der Waals surface area contributed by atoms with E-state index < -0.39 is 0 Å². The molecule has 3 rings (SSSR count). The maximum atomic E-state index is 4.23. The molecule has 0 bridgehead atoms. The molecule has 2 nitrogen and oxygen atoms in total. The van der Waals surface area contributed by atoms with Gasteiger partial charge in [-0.05, 0) is 62.3 Å². The molecule has 0 saturated heterocycles. The van der Waals surface area contributed by atoms with Gasteiger partial charge < -0.3 is 10.6 Å². The van der Waals surface area contributed by atoms with E-state index in [0.29, 0.717) is 6.04 Å². The minimum Gasteiger partial charge on any atom is -0.367 e. The van der Waals surface area contributed by atoms with Crippen molar-refractivity contribution in [1.82, 2.24) is 10.6 Å². The predicted molar refractivity (Wildman–Crippen MR) is 99.1 cm³/mol. The maximum absolute atomic E-state index is 4.23. The molecule has 23 heavy (non-hydrogen) atoms. The van der Waals surface area contributed by atoms with Gasteiger partial charge in [0.1, 0.15) is 0 Å². The van der Waals surface area contributed by atoms with Crippen LogP contribution in [0.4, 0.5) is 0 Å². The average Bonchev–Trinajstić information content (AvgIpc) is 2.85. The Kier molecular flexibility index (Phi) is 4.52. The van der Waals surface area contributed by atoms with Crippen molar-refractivity contribution in [2.45, 2.75) is 70.9 Å². The van der Waals surface area contributed by atoms with E-state index in [1.54, 1.807) is 0 Å². The first-order valence-electron chi connectivity index (χ1n) is 9.00. The lowest BCUT2D eigenvalue weighted by atomic mass is 9.83. The van der Waals surface area contributed by atoms with Gasteiger partial charge in [-0.25, -0.2) is 0 Å². The van der Waals surface area contributed by atoms with Gasteiger partial charge in [0.05, 0.1) is 5.82 Å². The summed E-state index contributed by atoms with van der Waals surface area (Å²) in [6.07, 6.45) is 7.57. The van der Waals surface area contributed by atoms with Crippen molar-refractivity contribution in [1.29, 1.82) is 0 Å². The van der Waals surface area contributed by atoms with Gasteiger partial charge in [-0.2, -0.15) is 0 Å². The monoisotopic (exact) mass is 310 g/mol. The molecule has 124 valence electrons. The number of rotatable bonds is 5. The standard InChI is InChI=1S/C21H30N2/c1-15-19-11-7-6-10-18(19)14-20(15)16(2)22-17(3)23-21(4)12-8-5-9-13-21/h6-7,10-11,16,22-23H,3,5,8-9,12-14H2,1-2,4H3/t16-/m0/s1. The van der Waals surface area contributed by atoms with Gasteiger partial charge >= 0.3 is 0 Å². The quantitative estimate of drug-likeness (QED) is 0.818. The van der Waals surface area contributed by atoms with Gasteiger partial charge in [0, 0.05) is 11.6 Å². The molecule has 1 aromatic rings. The summed E-state index contributed by atoms with van der Waals surface area (Å²) in [4.78, 5) is 0. The minimum absolute atomic E-state index is 0.212. The lowest BCUT2D eigenvalue weighted by molar-refractivity contribution is 0.268. The van der Waals surface area contributed by atoms with Crippen LogP contribution in [-0.4, -0.2) is 11.6 Å². The number of fused-ring (bicyclic) bond motifs is 1. The van der Waals surface area contributed by atoms with Crippen molar-refractivity contribution in [3.05, 3.63) is 53.4 Å². The molecular weight excluding hydrogens is 280 g/mol. The molecule has 2 heteroatoms. The smallest absolute Gasteiger partial charge is 0.0921 e. The van der Waals surface area contributed by atoms with Crippen LogP contribution >= 0.6 is 0 Å². The number of benzene rings is 1. The molecule has 1 atom stereocenters. The molecule has 2 aliphatic rings. The van der Waals surface area contributed by atoms with Crippen LogP contribution < -0.4 is 10.6 Å². The SMILES string of the molecule is C=C(N[C@@H](C)C1=C(C)c2ccccc2C1)NC1(C)CCCCC1. The van der Waals surface area contributed by atoms with Crippen molar-refractivity contribution in [3.8, 4) is 0 Å². The molecule has 2 N–H and O–H groups in total. The highest BCUT2D eigenvalue weighted by Crippen LogP contribution is 2.34. The van der Waals surface area contributed by atoms with E-state index in [1.807, 2.05) is 0 Å². The van der Waals surface area contributed by atoms with E-state index in [1.165, 1.54) is 54.4 Å². The minimum atomic E-state index is 0.212. The van der Waals surface area contributed by atoms with Gasteiger partial charge in [-0.3, -0.25) is 0 Å². The Balaban J connectivity index is 1.62. The molecular formula is C21H30N2. The summed E-state index contributed by atoms with van der Waals surface area (Å²) < 4.78 is 0. The van der Waals surface area contributed by atoms with Crippen LogP contribution in [0.15, 0.2) is 42.2 Å². The summed E-state index contributed by atoms with van der Waals surface area (Å²) in [5.41, 5.74) is 5.99. The van der Waals surface area contributed by atoms with Crippen LogP contribution in [0.3, 0.4) is 0 Å². The van der Waals surface area contributed by atoms with Crippen molar-refractivity contribution in [2.75, 3.05) is 0 Å². The highest BCUT2D eigenvalue weighted by Gasteiger charge is 2.28. The van der Waals surface area contributed by atoms with Crippen molar-refractivity contribution < 1.29 is 0 Å². The molecule has 1 aromatic carbocycles. The van der Waals surface area contributed by atoms with Gasteiger partial charge in [-0.15, -0.1) is 0 Å². The fourth-order valence-electron chi connectivity index (χ4n) is 4.23. The summed E-state index contributed by atoms with van der Waals surface area (Å²) in [6.45, 7) is 11.1. The molecule has 2 aliphatic carbocycles. The third-order valence-corrected chi connectivity index (χ3v) is 5.61. The zero-order valence-corrected chi connectivity index (χ0v) is 14.8. The van der Waals surface area contributed by atoms with Crippen LogP contribution in [0.1, 0.15) is 64.0 Å². The zero-order chi connectivity index (χ0) is 16.4. The molecule has 0 radical (unpaired) electrons. The molecule has 0 amide bonds. The number of nitrogens with one attached hydrogen (secondary N) is 2. The Hall–Kier alpha value is -1.70. The maximum Gasteiger partial charge on any atom is 0.0921 e. The topological polar surface area (TPSA) is 24.1 Å². The summed E-state index contributed by atoms with van der Waals surface area (Å²) in [5, 5.41) is 7.25. The zero-order valence-electron chi connectivity index (χ0n) is 14.8. The van der Waals surface area contributed by atoms with Crippen LogP contribution in [-0.2, 0) is 6.42 Å². The number of allylic oxidation sites excluding steroid dienone is 1. The lowest BCUT2D eigenvalue weighted by Crippen LogP contribution is -2.47. The number of hydrogen-bond acceptors (Lipinski definition) is 2. The second-order valence-corrected chi connectivity index (χ2v) is 7.58. The summed E-state index contributed by atoms with van der Waals surface area (Å²) in [7, 11) is 0. The average molecular weight is 310 g/mol. The van der Waals surface area contributed by atoms with E-state index in [0.717, 1.165) is 12.2 Å². The Morgan fingerprint density at radius 2 is 1.87 bits per heavy atom. The fourth-order valence-corrected chi connectivity index (χ4v) is 4.23. The number of hydrogen-bond donors (Lipinski definition) is 2. The van der Waals surface area contributed by atoms with Crippen molar-refractivity contribution in [3.63, 3.8) is 0 Å². The Labute approximate surface area is 141 Å². The first-order chi connectivity index (χ1) is 11.0. The molecule has 0 heterocycles. The van der Waals surface area contributed by atoms with Crippen LogP contribution in [0, 0.1) is 0 Å².